The predicted octanol–water partition coefficient (Wildman–Crippen LogP) is 3.74. The summed E-state index contributed by atoms with van der Waals surface area (Å²) in [7, 11) is 0. The maximum absolute atomic E-state index is 8.81. The van der Waals surface area contributed by atoms with Gasteiger partial charge in [0.15, 0.2) is 0 Å². The van der Waals surface area contributed by atoms with Gasteiger partial charge in [0.1, 0.15) is 6.29 Å². The lowest BCUT2D eigenvalue weighted by molar-refractivity contribution is -0.106. The van der Waals surface area contributed by atoms with E-state index < -0.39 is 0 Å². The summed E-state index contributed by atoms with van der Waals surface area (Å²) in [5, 5.41) is 3.41. The Bertz CT molecular complexity index is 313. The lowest BCUT2D eigenvalue weighted by Crippen LogP contribution is -2.00. The van der Waals surface area contributed by atoms with Crippen LogP contribution in [0.1, 0.15) is 26.3 Å². The Hall–Kier alpha value is -0.960. The maximum Gasteiger partial charge on any atom is 0.116 e. The van der Waals surface area contributed by atoms with Crippen molar-refractivity contribution in [2.45, 2.75) is 32.6 Å². The molecule has 0 radical (unpaired) electrons. The number of benzene rings is 1. The molecule has 0 aliphatic rings. The summed E-state index contributed by atoms with van der Waals surface area (Å²) in [6.45, 7) is 8.90. The number of aryl methyl sites for hydroxylation is 1. The zero-order chi connectivity index (χ0) is 12.4. The highest BCUT2D eigenvalue weighted by Crippen LogP contribution is 2.29. The van der Waals surface area contributed by atoms with E-state index in [0.29, 0.717) is 0 Å². The standard InChI is InChI=1S/C11H17NS.C2H4O/c1-4-12-11-9(3)7-6-8-10(11)13-5-2;1-2-3/h6-8,12H,4-5H2,1-3H3;2H,1H3. The zero-order valence-corrected chi connectivity index (χ0v) is 11.4. The van der Waals surface area contributed by atoms with Crippen molar-refractivity contribution in [3.8, 4) is 0 Å². The van der Waals surface area contributed by atoms with Gasteiger partial charge in [-0.25, -0.2) is 0 Å². The molecule has 0 aromatic heterocycles. The minimum absolute atomic E-state index is 0.750. The van der Waals surface area contributed by atoms with Crippen LogP contribution in [0.15, 0.2) is 23.1 Å². The average Bonchev–Trinajstić information content (AvgIpc) is 2.25. The van der Waals surface area contributed by atoms with Gasteiger partial charge < -0.3 is 10.1 Å². The molecule has 1 N–H and O–H groups in total. The number of anilines is 1. The average molecular weight is 239 g/mol. The SMILES string of the molecule is CC=O.CCNc1c(C)cccc1SCC. The topological polar surface area (TPSA) is 29.1 Å². The van der Waals surface area contributed by atoms with Crippen molar-refractivity contribution in [2.24, 2.45) is 0 Å². The summed E-state index contributed by atoms with van der Waals surface area (Å²) in [6.07, 6.45) is 0.750. The van der Waals surface area contributed by atoms with Crippen LogP contribution in [-0.2, 0) is 4.79 Å². The number of carbonyl (C=O) groups excluding carboxylic acids is 1. The van der Waals surface area contributed by atoms with Gasteiger partial charge in [-0.1, -0.05) is 19.1 Å². The summed E-state index contributed by atoms with van der Waals surface area (Å²) in [6, 6.07) is 6.45. The van der Waals surface area contributed by atoms with Crippen LogP contribution < -0.4 is 5.32 Å². The minimum Gasteiger partial charge on any atom is -0.384 e. The van der Waals surface area contributed by atoms with Crippen LogP contribution in [-0.4, -0.2) is 18.6 Å². The van der Waals surface area contributed by atoms with Gasteiger partial charge in [-0.2, -0.15) is 0 Å². The molecule has 0 heterocycles. The Morgan fingerprint density at radius 2 is 2.00 bits per heavy atom. The fourth-order valence-electron chi connectivity index (χ4n) is 1.32. The number of hydrogen-bond donors (Lipinski definition) is 1. The van der Waals surface area contributed by atoms with Gasteiger partial charge in [-0.15, -0.1) is 11.8 Å². The highest BCUT2D eigenvalue weighted by Gasteiger charge is 2.02. The van der Waals surface area contributed by atoms with E-state index in [1.165, 1.54) is 23.1 Å². The fourth-order valence-corrected chi connectivity index (χ4v) is 2.18. The molecule has 2 nitrogen and oxygen atoms in total. The van der Waals surface area contributed by atoms with Crippen LogP contribution in [0.5, 0.6) is 0 Å². The van der Waals surface area contributed by atoms with Crippen LogP contribution in [0.2, 0.25) is 0 Å². The number of rotatable bonds is 4. The van der Waals surface area contributed by atoms with Crippen LogP contribution in [0.4, 0.5) is 5.69 Å². The number of hydrogen-bond acceptors (Lipinski definition) is 3. The van der Waals surface area contributed by atoms with E-state index in [0.717, 1.165) is 18.6 Å². The van der Waals surface area contributed by atoms with Crippen LogP contribution >= 0.6 is 11.8 Å². The quantitative estimate of drug-likeness (QED) is 0.641. The zero-order valence-electron chi connectivity index (χ0n) is 10.5. The van der Waals surface area contributed by atoms with Crippen molar-refractivity contribution in [3.05, 3.63) is 23.8 Å². The van der Waals surface area contributed by atoms with E-state index >= 15 is 0 Å². The summed E-state index contributed by atoms with van der Waals surface area (Å²) in [5.41, 5.74) is 2.64. The van der Waals surface area contributed by atoms with E-state index in [4.69, 9.17) is 4.79 Å². The van der Waals surface area contributed by atoms with Gasteiger partial charge in [0.2, 0.25) is 0 Å². The Morgan fingerprint density at radius 1 is 1.38 bits per heavy atom. The molecule has 0 fully saturated rings. The molecule has 1 rings (SSSR count). The second-order valence-electron chi connectivity index (χ2n) is 3.15. The Balaban J connectivity index is 0.000000673. The first-order valence-corrected chi connectivity index (χ1v) is 6.55. The van der Waals surface area contributed by atoms with Gasteiger partial charge in [0.25, 0.3) is 0 Å². The highest BCUT2D eigenvalue weighted by molar-refractivity contribution is 7.99. The molecule has 1 aromatic carbocycles. The van der Waals surface area contributed by atoms with Crippen molar-refractivity contribution < 1.29 is 4.79 Å². The van der Waals surface area contributed by atoms with Gasteiger partial charge in [0.05, 0.1) is 5.69 Å². The third-order valence-corrected chi connectivity index (χ3v) is 2.83. The highest BCUT2D eigenvalue weighted by atomic mass is 32.2. The van der Waals surface area contributed by atoms with Crippen molar-refractivity contribution in [1.82, 2.24) is 0 Å². The van der Waals surface area contributed by atoms with Gasteiger partial charge in [-0.05, 0) is 38.2 Å². The lowest BCUT2D eigenvalue weighted by Gasteiger charge is -2.12. The second kappa shape index (κ2) is 9.28. The Morgan fingerprint density at radius 3 is 2.50 bits per heavy atom. The van der Waals surface area contributed by atoms with E-state index in [2.05, 4.69) is 44.3 Å². The number of para-hydroxylation sites is 1. The molecule has 0 aliphatic carbocycles. The molecule has 0 amide bonds. The third kappa shape index (κ3) is 5.21. The molecule has 3 heteroatoms. The van der Waals surface area contributed by atoms with E-state index in [1.54, 1.807) is 0 Å². The first-order chi connectivity index (χ1) is 7.71. The van der Waals surface area contributed by atoms with Gasteiger partial charge >= 0.3 is 0 Å². The fraction of sp³-hybridized carbons (Fsp3) is 0.462. The molecule has 0 saturated heterocycles. The van der Waals surface area contributed by atoms with Gasteiger partial charge in [0, 0.05) is 11.4 Å². The van der Waals surface area contributed by atoms with E-state index in [1.807, 2.05) is 11.8 Å². The molecule has 0 aliphatic heterocycles. The van der Waals surface area contributed by atoms with Crippen molar-refractivity contribution >= 4 is 23.7 Å². The molecular formula is C13H21NOS. The minimum atomic E-state index is 0.750. The largest absolute Gasteiger partial charge is 0.384 e. The molecule has 0 bridgehead atoms. The molecule has 90 valence electrons. The molecular weight excluding hydrogens is 218 g/mol. The normalized spacial score (nSPS) is 9.00. The Labute approximate surface area is 103 Å². The number of carbonyl (C=O) groups is 1. The second-order valence-corrected chi connectivity index (χ2v) is 4.45. The van der Waals surface area contributed by atoms with Crippen molar-refractivity contribution in [2.75, 3.05) is 17.6 Å². The third-order valence-electron chi connectivity index (χ3n) is 1.89. The molecule has 0 saturated carbocycles. The van der Waals surface area contributed by atoms with Crippen LogP contribution in [0.25, 0.3) is 0 Å². The number of thioether (sulfide) groups is 1. The molecule has 16 heavy (non-hydrogen) atoms. The maximum atomic E-state index is 8.81. The number of aldehydes is 1. The van der Waals surface area contributed by atoms with E-state index in [-0.39, 0.29) is 0 Å². The smallest absolute Gasteiger partial charge is 0.116 e. The van der Waals surface area contributed by atoms with Gasteiger partial charge in [-0.3, -0.25) is 0 Å². The summed E-state index contributed by atoms with van der Waals surface area (Å²) in [5.74, 6) is 1.13. The first-order valence-electron chi connectivity index (χ1n) is 5.57. The summed E-state index contributed by atoms with van der Waals surface area (Å²) >= 11 is 1.89. The number of nitrogens with one attached hydrogen (secondary N) is 1. The molecule has 0 atom stereocenters. The summed E-state index contributed by atoms with van der Waals surface area (Å²) in [4.78, 5) is 10.2. The monoisotopic (exact) mass is 239 g/mol. The molecule has 0 unspecified atom stereocenters. The van der Waals surface area contributed by atoms with E-state index in [9.17, 15) is 0 Å². The van der Waals surface area contributed by atoms with Crippen molar-refractivity contribution in [1.29, 1.82) is 0 Å². The lowest BCUT2D eigenvalue weighted by atomic mass is 10.2. The van der Waals surface area contributed by atoms with Crippen LogP contribution in [0, 0.1) is 6.92 Å². The van der Waals surface area contributed by atoms with Crippen molar-refractivity contribution in [3.63, 3.8) is 0 Å². The Kier molecular flexibility index (Phi) is 8.72. The first kappa shape index (κ1) is 15.0. The summed E-state index contributed by atoms with van der Waals surface area (Å²) < 4.78 is 0. The molecule has 0 spiro atoms. The van der Waals surface area contributed by atoms with Crippen LogP contribution in [0.3, 0.4) is 0 Å². The predicted molar refractivity (Wildman–Crippen MR) is 73.5 cm³/mol. The molecule has 1 aromatic rings.